The standard InChI is InChI=1S/C24H33NO7/c1-6-29-23(26)21-19(22(28-5)20-15-31-24(2,3)32-20)12-14-25(21)13-11-17-7-9-18(10-8-17)30-16-27-4/h7-10,12,14,20,22H,6,11,13,15-16H2,1-5H3/t20?,22-/m0/s1. The Balaban J connectivity index is 1.78. The Morgan fingerprint density at radius 3 is 2.56 bits per heavy atom. The molecule has 8 nitrogen and oxygen atoms in total. The van der Waals surface area contributed by atoms with Crippen LogP contribution in [0.5, 0.6) is 5.75 Å². The highest BCUT2D eigenvalue weighted by Crippen LogP contribution is 2.35. The summed E-state index contributed by atoms with van der Waals surface area (Å²) >= 11 is 0. The molecule has 1 aromatic heterocycles. The molecule has 0 N–H and O–H groups in total. The smallest absolute Gasteiger partial charge is 0.355 e. The molecular formula is C24H33NO7. The van der Waals surface area contributed by atoms with Crippen molar-refractivity contribution in [1.29, 1.82) is 0 Å². The van der Waals surface area contributed by atoms with Crippen LogP contribution in [0.15, 0.2) is 36.5 Å². The van der Waals surface area contributed by atoms with Gasteiger partial charge in [-0.15, -0.1) is 0 Å². The first-order valence-corrected chi connectivity index (χ1v) is 10.8. The highest BCUT2D eigenvalue weighted by molar-refractivity contribution is 5.89. The van der Waals surface area contributed by atoms with Crippen molar-refractivity contribution in [3.8, 4) is 5.75 Å². The Kier molecular flexibility index (Phi) is 8.31. The number of benzene rings is 1. The van der Waals surface area contributed by atoms with Crippen molar-refractivity contribution < 1.29 is 33.2 Å². The summed E-state index contributed by atoms with van der Waals surface area (Å²) in [5.74, 6) is -0.320. The van der Waals surface area contributed by atoms with E-state index in [1.54, 1.807) is 21.1 Å². The summed E-state index contributed by atoms with van der Waals surface area (Å²) in [6.45, 7) is 7.02. The van der Waals surface area contributed by atoms with Gasteiger partial charge in [-0.2, -0.15) is 0 Å². The van der Waals surface area contributed by atoms with Gasteiger partial charge in [0, 0.05) is 32.5 Å². The van der Waals surface area contributed by atoms with E-state index in [2.05, 4.69) is 0 Å². The average Bonchev–Trinajstić information content (AvgIpc) is 3.35. The maximum absolute atomic E-state index is 12.9. The molecule has 1 saturated heterocycles. The fourth-order valence-electron chi connectivity index (χ4n) is 3.81. The van der Waals surface area contributed by atoms with Crippen LogP contribution in [-0.4, -0.2) is 56.7 Å². The molecule has 0 amide bonds. The Labute approximate surface area is 189 Å². The molecule has 0 spiro atoms. The molecule has 2 atom stereocenters. The minimum Gasteiger partial charge on any atom is -0.468 e. The summed E-state index contributed by atoms with van der Waals surface area (Å²) in [5, 5.41) is 0. The van der Waals surface area contributed by atoms with E-state index in [0.29, 0.717) is 25.5 Å². The van der Waals surface area contributed by atoms with Gasteiger partial charge in [0.05, 0.1) is 13.2 Å². The number of hydrogen-bond acceptors (Lipinski definition) is 7. The predicted molar refractivity (Wildman–Crippen MR) is 118 cm³/mol. The third kappa shape index (κ3) is 5.89. The number of nitrogens with zero attached hydrogens (tertiary/aromatic N) is 1. The number of aromatic nitrogens is 1. The van der Waals surface area contributed by atoms with E-state index in [0.717, 1.165) is 23.3 Å². The molecule has 1 aromatic carbocycles. The van der Waals surface area contributed by atoms with Gasteiger partial charge < -0.3 is 33.0 Å². The molecule has 1 aliphatic heterocycles. The number of carbonyl (C=O) groups excluding carboxylic acids is 1. The number of rotatable bonds is 11. The van der Waals surface area contributed by atoms with E-state index in [1.165, 1.54) is 0 Å². The first-order chi connectivity index (χ1) is 15.4. The topological polar surface area (TPSA) is 77.4 Å². The molecule has 1 fully saturated rings. The van der Waals surface area contributed by atoms with Crippen molar-refractivity contribution in [3.63, 3.8) is 0 Å². The zero-order chi connectivity index (χ0) is 23.1. The van der Waals surface area contributed by atoms with Crippen molar-refractivity contribution in [2.45, 2.75) is 51.7 Å². The molecule has 0 saturated carbocycles. The SMILES string of the molecule is CCOC(=O)c1c([C@H](OC)C2COC(C)(C)O2)ccn1CCc1ccc(OCOC)cc1. The van der Waals surface area contributed by atoms with Crippen molar-refractivity contribution in [2.75, 3.05) is 34.2 Å². The van der Waals surface area contributed by atoms with Crippen LogP contribution in [0.2, 0.25) is 0 Å². The molecule has 8 heteroatoms. The zero-order valence-corrected chi connectivity index (χ0v) is 19.5. The average molecular weight is 448 g/mol. The molecule has 0 bridgehead atoms. The molecule has 0 aliphatic carbocycles. The molecule has 0 radical (unpaired) electrons. The Hall–Kier alpha value is -2.39. The van der Waals surface area contributed by atoms with E-state index < -0.39 is 11.9 Å². The molecule has 2 heterocycles. The van der Waals surface area contributed by atoms with Gasteiger partial charge in [0.25, 0.3) is 0 Å². The minimum atomic E-state index is -0.687. The molecule has 1 unspecified atom stereocenters. The van der Waals surface area contributed by atoms with E-state index in [1.807, 2.05) is 54.9 Å². The highest BCUT2D eigenvalue weighted by atomic mass is 16.7. The van der Waals surface area contributed by atoms with E-state index in [4.69, 9.17) is 28.4 Å². The normalized spacial score (nSPS) is 18.5. The lowest BCUT2D eigenvalue weighted by Gasteiger charge is -2.24. The number of aryl methyl sites for hydroxylation is 2. The zero-order valence-electron chi connectivity index (χ0n) is 19.5. The van der Waals surface area contributed by atoms with Crippen molar-refractivity contribution in [2.24, 2.45) is 0 Å². The number of methoxy groups -OCH3 is 2. The fraction of sp³-hybridized carbons (Fsp3) is 0.542. The van der Waals surface area contributed by atoms with Crippen LogP contribution in [0.4, 0.5) is 0 Å². The second kappa shape index (κ2) is 11.0. The molecule has 1 aliphatic rings. The summed E-state index contributed by atoms with van der Waals surface area (Å²) in [6, 6.07) is 9.72. The lowest BCUT2D eigenvalue weighted by Crippen LogP contribution is -2.28. The van der Waals surface area contributed by atoms with E-state index >= 15 is 0 Å². The molecule has 2 aromatic rings. The lowest BCUT2D eigenvalue weighted by molar-refractivity contribution is -0.154. The van der Waals surface area contributed by atoms with Gasteiger partial charge >= 0.3 is 5.97 Å². The Morgan fingerprint density at radius 1 is 1.22 bits per heavy atom. The van der Waals surface area contributed by atoms with Crippen LogP contribution >= 0.6 is 0 Å². The highest BCUT2D eigenvalue weighted by Gasteiger charge is 2.40. The number of esters is 1. The first-order valence-electron chi connectivity index (χ1n) is 10.8. The van der Waals surface area contributed by atoms with Gasteiger partial charge in [-0.3, -0.25) is 0 Å². The molecule has 32 heavy (non-hydrogen) atoms. The van der Waals surface area contributed by atoms with Crippen LogP contribution in [0, 0.1) is 0 Å². The van der Waals surface area contributed by atoms with Gasteiger partial charge in [-0.05, 0) is 51.0 Å². The van der Waals surface area contributed by atoms with Crippen LogP contribution in [0.25, 0.3) is 0 Å². The summed E-state index contributed by atoms with van der Waals surface area (Å²) < 4.78 is 35.1. The van der Waals surface area contributed by atoms with Crippen molar-refractivity contribution in [1.82, 2.24) is 4.57 Å². The van der Waals surface area contributed by atoms with Crippen LogP contribution in [-0.2, 0) is 36.6 Å². The van der Waals surface area contributed by atoms with Crippen LogP contribution in [0.1, 0.15) is 48.5 Å². The largest absolute Gasteiger partial charge is 0.468 e. The van der Waals surface area contributed by atoms with Crippen LogP contribution in [0.3, 0.4) is 0 Å². The second-order valence-corrected chi connectivity index (χ2v) is 8.00. The Morgan fingerprint density at radius 2 is 1.97 bits per heavy atom. The van der Waals surface area contributed by atoms with Gasteiger partial charge in [-0.25, -0.2) is 4.79 Å². The third-order valence-electron chi connectivity index (χ3n) is 5.30. The van der Waals surface area contributed by atoms with Gasteiger partial charge in [-0.1, -0.05) is 12.1 Å². The summed E-state index contributed by atoms with van der Waals surface area (Å²) in [6.07, 6.45) is 1.86. The fourth-order valence-corrected chi connectivity index (χ4v) is 3.81. The monoisotopic (exact) mass is 447 g/mol. The summed E-state index contributed by atoms with van der Waals surface area (Å²) in [7, 11) is 3.19. The van der Waals surface area contributed by atoms with Crippen molar-refractivity contribution in [3.05, 3.63) is 53.3 Å². The minimum absolute atomic E-state index is 0.210. The van der Waals surface area contributed by atoms with Gasteiger partial charge in [0.15, 0.2) is 12.6 Å². The quantitative estimate of drug-likeness (QED) is 0.384. The number of hydrogen-bond donors (Lipinski definition) is 0. The molecular weight excluding hydrogens is 414 g/mol. The second-order valence-electron chi connectivity index (χ2n) is 8.00. The molecule has 176 valence electrons. The van der Waals surface area contributed by atoms with Gasteiger partial charge in [0.1, 0.15) is 23.7 Å². The Bertz CT molecular complexity index is 875. The number of ether oxygens (including phenoxy) is 6. The summed E-state index contributed by atoms with van der Waals surface area (Å²) in [5.41, 5.74) is 2.34. The van der Waals surface area contributed by atoms with Crippen molar-refractivity contribution >= 4 is 5.97 Å². The van der Waals surface area contributed by atoms with E-state index in [9.17, 15) is 4.79 Å². The first kappa shape index (κ1) is 24.3. The van der Waals surface area contributed by atoms with E-state index in [-0.39, 0.29) is 18.9 Å². The van der Waals surface area contributed by atoms with Crippen LogP contribution < -0.4 is 4.74 Å². The predicted octanol–water partition coefficient (Wildman–Crippen LogP) is 3.73. The maximum Gasteiger partial charge on any atom is 0.355 e. The maximum atomic E-state index is 12.9. The van der Waals surface area contributed by atoms with Gasteiger partial charge in [0.2, 0.25) is 0 Å². The lowest BCUT2D eigenvalue weighted by atomic mass is 10.0. The molecule has 3 rings (SSSR count). The summed E-state index contributed by atoms with van der Waals surface area (Å²) in [4.78, 5) is 12.9. The number of carbonyl (C=O) groups is 1. The third-order valence-corrected chi connectivity index (χ3v) is 5.30.